The van der Waals surface area contributed by atoms with Crippen LogP contribution in [0.3, 0.4) is 0 Å². The van der Waals surface area contributed by atoms with E-state index in [1.54, 1.807) is 0 Å². The molecule has 0 saturated heterocycles. The summed E-state index contributed by atoms with van der Waals surface area (Å²) in [5, 5.41) is 25.5. The Labute approximate surface area is 337 Å². The van der Waals surface area contributed by atoms with Crippen molar-refractivity contribution in [1.82, 2.24) is 10.6 Å². The van der Waals surface area contributed by atoms with E-state index >= 15 is 0 Å². The van der Waals surface area contributed by atoms with Crippen molar-refractivity contribution in [2.75, 3.05) is 0 Å². The Balaban J connectivity index is 1.02. The molecule has 0 amide bonds. The van der Waals surface area contributed by atoms with Gasteiger partial charge >= 0.3 is 0 Å². The van der Waals surface area contributed by atoms with E-state index in [-0.39, 0.29) is 12.3 Å². The van der Waals surface area contributed by atoms with E-state index in [2.05, 4.69) is 193 Å². The fraction of sp³-hybridized carbons (Fsp3) is 0.0545. The van der Waals surface area contributed by atoms with E-state index in [4.69, 9.17) is 5.73 Å². The third-order valence-corrected chi connectivity index (χ3v) is 12.1. The second kappa shape index (κ2) is 14.3. The molecule has 0 bridgehead atoms. The lowest BCUT2D eigenvalue weighted by Gasteiger charge is -2.26. The average Bonchev–Trinajstić information content (AvgIpc) is 3.29. The van der Waals surface area contributed by atoms with Gasteiger partial charge in [-0.05, 0) is 115 Å². The number of fused-ring (bicyclic) bond motifs is 12. The molecule has 4 N–H and O–H groups in total. The van der Waals surface area contributed by atoms with Crippen LogP contribution in [0, 0.1) is 0 Å². The lowest BCUT2D eigenvalue weighted by molar-refractivity contribution is 0.386. The molecule has 11 rings (SSSR count). The lowest BCUT2D eigenvalue weighted by atomic mass is 9.89. The van der Waals surface area contributed by atoms with Gasteiger partial charge < -0.3 is 5.73 Å². The molecular weight excluding hydrogens is 703 g/mol. The zero-order chi connectivity index (χ0) is 38.6. The van der Waals surface area contributed by atoms with Crippen molar-refractivity contribution in [2.24, 2.45) is 5.73 Å². The van der Waals surface area contributed by atoms with Crippen molar-refractivity contribution in [3.05, 3.63) is 217 Å². The maximum absolute atomic E-state index is 6.92. The molecule has 0 fully saturated rings. The van der Waals surface area contributed by atoms with Crippen LogP contribution in [0.1, 0.15) is 29.0 Å². The van der Waals surface area contributed by atoms with Crippen LogP contribution in [0.25, 0.3) is 86.5 Å². The number of nitrogens with two attached hydrogens (primary N) is 1. The molecule has 0 aliphatic heterocycles. The van der Waals surface area contributed by atoms with Gasteiger partial charge in [-0.15, -0.1) is 0 Å². The van der Waals surface area contributed by atoms with E-state index < -0.39 is 0 Å². The van der Waals surface area contributed by atoms with Crippen molar-refractivity contribution < 1.29 is 0 Å². The van der Waals surface area contributed by atoms with Crippen LogP contribution in [0.15, 0.2) is 200 Å². The van der Waals surface area contributed by atoms with Crippen LogP contribution < -0.4 is 16.4 Å². The Morgan fingerprint density at radius 2 is 0.931 bits per heavy atom. The number of nitrogens with one attached hydrogen (secondary N) is 2. The van der Waals surface area contributed by atoms with Crippen molar-refractivity contribution in [2.45, 2.75) is 18.9 Å². The minimum Gasteiger partial charge on any atom is -0.312 e. The van der Waals surface area contributed by atoms with Gasteiger partial charge in [-0.1, -0.05) is 188 Å². The molecule has 0 spiro atoms. The molecule has 2 unspecified atom stereocenters. The van der Waals surface area contributed by atoms with Gasteiger partial charge in [0.05, 0.1) is 12.3 Å². The zero-order valence-corrected chi connectivity index (χ0v) is 32.0. The molecular formula is C55H41N3. The minimum atomic E-state index is -0.377. The standard InChI is InChI=1S/C55H41N3/c56-54(37-15-2-1-3-16-37)58-55(38-28-26-36(27-29-38)52-43-20-7-5-17-39(43)32-50-41-18-6-4-14-35(41)30-31-49(50)52)57-34-40-33-51-46-23-10-9-21-44(46)45-22-11-13-25-48(45)53(51)47-24-12-8-19-42(40)47/h1-33,54-55,57-58H,34,56H2. The van der Waals surface area contributed by atoms with Crippen LogP contribution >= 0.6 is 0 Å². The second-order valence-corrected chi connectivity index (χ2v) is 15.4. The average molecular weight is 744 g/mol. The third-order valence-electron chi connectivity index (χ3n) is 12.1. The molecule has 3 heteroatoms. The molecule has 11 aromatic rings. The summed E-state index contributed by atoms with van der Waals surface area (Å²) in [4.78, 5) is 0. The van der Waals surface area contributed by atoms with Gasteiger partial charge in [0.25, 0.3) is 0 Å². The topological polar surface area (TPSA) is 50.1 Å². The van der Waals surface area contributed by atoms with Gasteiger partial charge in [-0.25, -0.2) is 0 Å². The van der Waals surface area contributed by atoms with Crippen molar-refractivity contribution in [3.8, 4) is 11.1 Å². The molecule has 0 aromatic heterocycles. The van der Waals surface area contributed by atoms with Crippen molar-refractivity contribution in [3.63, 3.8) is 0 Å². The normalized spacial score (nSPS) is 13.0. The number of hydrogen-bond donors (Lipinski definition) is 3. The highest BCUT2D eigenvalue weighted by molar-refractivity contribution is 6.31. The van der Waals surface area contributed by atoms with Gasteiger partial charge in [-0.3, -0.25) is 10.6 Å². The monoisotopic (exact) mass is 743 g/mol. The van der Waals surface area contributed by atoms with Gasteiger partial charge in [0.15, 0.2) is 0 Å². The first-order chi connectivity index (χ1) is 28.7. The molecule has 0 heterocycles. The molecule has 58 heavy (non-hydrogen) atoms. The second-order valence-electron chi connectivity index (χ2n) is 15.4. The van der Waals surface area contributed by atoms with Crippen molar-refractivity contribution >= 4 is 75.4 Å². The summed E-state index contributed by atoms with van der Waals surface area (Å²) in [6.45, 7) is 0.638. The highest BCUT2D eigenvalue weighted by Gasteiger charge is 2.19. The molecule has 276 valence electrons. The van der Waals surface area contributed by atoms with Crippen LogP contribution in [-0.4, -0.2) is 0 Å². The first-order valence-corrected chi connectivity index (χ1v) is 20.2. The van der Waals surface area contributed by atoms with E-state index in [9.17, 15) is 0 Å². The Kier molecular flexibility index (Phi) is 8.45. The fourth-order valence-electron chi connectivity index (χ4n) is 9.38. The first kappa shape index (κ1) is 34.4. The molecule has 0 aliphatic carbocycles. The summed E-state index contributed by atoms with van der Waals surface area (Å²) in [5.41, 5.74) is 12.8. The van der Waals surface area contributed by atoms with Gasteiger partial charge in [0, 0.05) is 6.54 Å². The van der Waals surface area contributed by atoms with E-state index in [1.165, 1.54) is 92.1 Å². The minimum absolute atomic E-state index is 0.236. The van der Waals surface area contributed by atoms with E-state index in [1.807, 2.05) is 18.2 Å². The van der Waals surface area contributed by atoms with Gasteiger partial charge in [-0.2, -0.15) is 0 Å². The Morgan fingerprint density at radius 3 is 1.66 bits per heavy atom. The predicted octanol–water partition coefficient (Wildman–Crippen LogP) is 13.5. The molecule has 3 nitrogen and oxygen atoms in total. The van der Waals surface area contributed by atoms with Crippen LogP contribution in [-0.2, 0) is 6.54 Å². The zero-order valence-electron chi connectivity index (χ0n) is 32.0. The largest absolute Gasteiger partial charge is 0.312 e. The Bertz CT molecular complexity index is 3330. The Morgan fingerprint density at radius 1 is 0.379 bits per heavy atom. The SMILES string of the molecule is NC(NC(NCc1cc2c3ccccc3c3ccccc3c2c2ccccc12)c1ccc(-c2c3ccccc3cc3c2ccc2ccccc23)cc1)c1ccccc1. The highest BCUT2D eigenvalue weighted by atomic mass is 15.2. The Hall–Kier alpha value is -6.88. The van der Waals surface area contributed by atoms with Gasteiger partial charge in [0.2, 0.25) is 0 Å². The smallest absolute Gasteiger partial charge is 0.0852 e. The number of hydrogen-bond acceptors (Lipinski definition) is 3. The molecule has 2 atom stereocenters. The summed E-state index contributed by atoms with van der Waals surface area (Å²) < 4.78 is 0. The number of rotatable bonds is 8. The summed E-state index contributed by atoms with van der Waals surface area (Å²) in [7, 11) is 0. The molecule has 0 saturated carbocycles. The maximum Gasteiger partial charge on any atom is 0.0852 e. The summed E-state index contributed by atoms with van der Waals surface area (Å²) in [6, 6.07) is 72.6. The molecule has 0 radical (unpaired) electrons. The van der Waals surface area contributed by atoms with Crippen LogP contribution in [0.4, 0.5) is 0 Å². The van der Waals surface area contributed by atoms with E-state index in [0.717, 1.165) is 11.1 Å². The predicted molar refractivity (Wildman–Crippen MR) is 247 cm³/mol. The van der Waals surface area contributed by atoms with E-state index in [0.29, 0.717) is 6.54 Å². The molecule has 0 aliphatic rings. The third kappa shape index (κ3) is 5.79. The first-order valence-electron chi connectivity index (χ1n) is 20.2. The highest BCUT2D eigenvalue weighted by Crippen LogP contribution is 2.42. The quantitative estimate of drug-likeness (QED) is 0.0825. The van der Waals surface area contributed by atoms with Crippen LogP contribution in [0.2, 0.25) is 0 Å². The fourth-order valence-corrected chi connectivity index (χ4v) is 9.38. The molecule has 11 aromatic carbocycles. The van der Waals surface area contributed by atoms with Crippen LogP contribution in [0.5, 0.6) is 0 Å². The maximum atomic E-state index is 6.92. The summed E-state index contributed by atoms with van der Waals surface area (Å²) in [5.74, 6) is 0. The van der Waals surface area contributed by atoms with Gasteiger partial charge in [0.1, 0.15) is 0 Å². The summed E-state index contributed by atoms with van der Waals surface area (Å²) >= 11 is 0. The lowest BCUT2D eigenvalue weighted by Crippen LogP contribution is -2.39. The number of benzene rings is 11. The van der Waals surface area contributed by atoms with Crippen molar-refractivity contribution in [1.29, 1.82) is 0 Å². The summed E-state index contributed by atoms with van der Waals surface area (Å²) in [6.07, 6.45) is -0.613.